The van der Waals surface area contributed by atoms with Gasteiger partial charge in [-0.1, -0.05) is 98.2 Å². The zero-order valence-electron chi connectivity index (χ0n) is 13.6. The molecule has 0 radical (unpaired) electrons. The first-order valence-corrected chi connectivity index (χ1v) is 13.4. The smallest absolute Gasteiger partial charge is 0.0442 e. The van der Waals surface area contributed by atoms with E-state index in [4.69, 9.17) is 0 Å². The van der Waals surface area contributed by atoms with Gasteiger partial charge in [0, 0.05) is 12.5 Å². The van der Waals surface area contributed by atoms with Crippen LogP contribution in [-0.2, 0) is 12.8 Å². The Morgan fingerprint density at radius 3 is 1.80 bits per heavy atom. The van der Waals surface area contributed by atoms with Crippen LogP contribution in [0, 0.1) is 0 Å². The van der Waals surface area contributed by atoms with E-state index in [0.29, 0.717) is 0 Å². The average molecular weight is 402 g/mol. The summed E-state index contributed by atoms with van der Waals surface area (Å²) in [4.78, 5) is 0. The number of aryl methyl sites for hydroxylation is 2. The van der Waals surface area contributed by atoms with E-state index in [2.05, 4.69) is 66.5 Å². The van der Waals surface area contributed by atoms with Crippen LogP contribution in [0.4, 0.5) is 0 Å². The van der Waals surface area contributed by atoms with Gasteiger partial charge in [-0.3, -0.25) is 0 Å². The minimum absolute atomic E-state index is 0.791. The number of rotatable bonds is 10. The van der Waals surface area contributed by atoms with Gasteiger partial charge in [0.15, 0.2) is 0 Å². The third kappa shape index (κ3) is 9.17. The Morgan fingerprint density at radius 2 is 1.25 bits per heavy atom. The SMILES string of the molecule is C[Si](C)(C)CCCCCCCc1ccc(CCI)cc1. The van der Waals surface area contributed by atoms with Crippen molar-refractivity contribution in [2.75, 3.05) is 4.43 Å². The van der Waals surface area contributed by atoms with Crippen LogP contribution < -0.4 is 0 Å². The van der Waals surface area contributed by atoms with Gasteiger partial charge in [-0.2, -0.15) is 0 Å². The predicted octanol–water partition coefficient (Wildman–Crippen LogP) is 6.50. The standard InChI is InChI=1S/C18H31ISi/c1-20(2,3)16-8-6-4-5-7-9-17-10-12-18(13-11-17)14-15-19/h10-13H,4-9,14-16H2,1-3H3. The van der Waals surface area contributed by atoms with E-state index in [0.717, 1.165) is 0 Å². The molecule has 1 rings (SSSR count). The summed E-state index contributed by atoms with van der Waals surface area (Å²) in [5.74, 6) is 0. The lowest BCUT2D eigenvalue weighted by Crippen LogP contribution is -2.18. The molecule has 2 heteroatoms. The van der Waals surface area contributed by atoms with E-state index in [-0.39, 0.29) is 0 Å². The monoisotopic (exact) mass is 402 g/mol. The largest absolute Gasteiger partial charge is 0.0860 e. The van der Waals surface area contributed by atoms with E-state index in [1.165, 1.54) is 66.5 Å². The van der Waals surface area contributed by atoms with Crippen LogP contribution in [0.5, 0.6) is 0 Å². The van der Waals surface area contributed by atoms with Crippen LogP contribution in [-0.4, -0.2) is 12.5 Å². The molecule has 0 nitrogen and oxygen atoms in total. The number of halogens is 1. The third-order valence-electron chi connectivity index (χ3n) is 3.80. The highest BCUT2D eigenvalue weighted by Gasteiger charge is 2.11. The molecule has 1 aromatic rings. The lowest BCUT2D eigenvalue weighted by molar-refractivity contribution is 0.630. The van der Waals surface area contributed by atoms with Gasteiger partial charge in [-0.25, -0.2) is 0 Å². The molecule has 0 atom stereocenters. The molecule has 0 heterocycles. The molecule has 0 fully saturated rings. The molecule has 1 aromatic carbocycles. The maximum Gasteiger partial charge on any atom is 0.0442 e. The van der Waals surface area contributed by atoms with Crippen molar-refractivity contribution in [3.8, 4) is 0 Å². The summed E-state index contributed by atoms with van der Waals surface area (Å²) in [5, 5.41) is 0. The van der Waals surface area contributed by atoms with E-state index >= 15 is 0 Å². The molecular formula is C18H31ISi. The summed E-state index contributed by atoms with van der Waals surface area (Å²) in [6.45, 7) is 7.44. The van der Waals surface area contributed by atoms with Crippen LogP contribution in [0.25, 0.3) is 0 Å². The van der Waals surface area contributed by atoms with Crippen molar-refractivity contribution in [3.63, 3.8) is 0 Å². The quantitative estimate of drug-likeness (QED) is 0.181. The van der Waals surface area contributed by atoms with Gasteiger partial charge < -0.3 is 0 Å². The van der Waals surface area contributed by atoms with Crippen LogP contribution >= 0.6 is 22.6 Å². The molecular weight excluding hydrogens is 371 g/mol. The van der Waals surface area contributed by atoms with Crippen molar-refractivity contribution in [1.82, 2.24) is 0 Å². The Bertz CT molecular complexity index is 351. The molecule has 0 aliphatic carbocycles. The van der Waals surface area contributed by atoms with Crippen molar-refractivity contribution in [2.24, 2.45) is 0 Å². The maximum atomic E-state index is 2.48. The van der Waals surface area contributed by atoms with E-state index in [1.54, 1.807) is 0 Å². The highest BCUT2D eigenvalue weighted by atomic mass is 127. The van der Waals surface area contributed by atoms with Gasteiger partial charge in [0.1, 0.15) is 0 Å². The fourth-order valence-corrected chi connectivity index (χ4v) is 4.43. The highest BCUT2D eigenvalue weighted by Crippen LogP contribution is 2.16. The fourth-order valence-electron chi connectivity index (χ4n) is 2.50. The Balaban J connectivity index is 2.06. The Hall–Kier alpha value is 0.167. The molecule has 0 unspecified atom stereocenters. The van der Waals surface area contributed by atoms with Gasteiger partial charge in [0.2, 0.25) is 0 Å². The van der Waals surface area contributed by atoms with Gasteiger partial charge in [-0.05, 0) is 30.4 Å². The van der Waals surface area contributed by atoms with Gasteiger partial charge >= 0.3 is 0 Å². The van der Waals surface area contributed by atoms with Gasteiger partial charge in [0.25, 0.3) is 0 Å². The van der Waals surface area contributed by atoms with Crippen LogP contribution in [0.2, 0.25) is 25.7 Å². The number of unbranched alkanes of at least 4 members (excludes halogenated alkanes) is 4. The van der Waals surface area contributed by atoms with E-state index in [9.17, 15) is 0 Å². The average Bonchev–Trinajstić information content (AvgIpc) is 2.38. The normalized spacial score (nSPS) is 11.8. The molecule has 0 aliphatic heterocycles. The number of hydrogen-bond donors (Lipinski definition) is 0. The van der Waals surface area contributed by atoms with Gasteiger partial charge in [0.05, 0.1) is 0 Å². The minimum atomic E-state index is -0.791. The molecule has 0 bridgehead atoms. The molecule has 20 heavy (non-hydrogen) atoms. The molecule has 0 aliphatic rings. The first-order chi connectivity index (χ1) is 9.51. The molecule has 0 N–H and O–H groups in total. The first-order valence-electron chi connectivity index (χ1n) is 8.15. The summed E-state index contributed by atoms with van der Waals surface area (Å²) in [6, 6.07) is 10.8. The van der Waals surface area contributed by atoms with Crippen molar-refractivity contribution in [2.45, 2.75) is 70.6 Å². The molecule has 0 spiro atoms. The van der Waals surface area contributed by atoms with Crippen LogP contribution in [0.3, 0.4) is 0 Å². The number of alkyl halides is 1. The summed E-state index contributed by atoms with van der Waals surface area (Å²) in [5.41, 5.74) is 3.00. The summed E-state index contributed by atoms with van der Waals surface area (Å²) in [6.07, 6.45) is 9.56. The van der Waals surface area contributed by atoms with Crippen LogP contribution in [0.15, 0.2) is 24.3 Å². The fraction of sp³-hybridized carbons (Fsp3) is 0.667. The molecule has 0 amide bonds. The second kappa shape index (κ2) is 9.99. The maximum absolute atomic E-state index is 2.48. The highest BCUT2D eigenvalue weighted by molar-refractivity contribution is 14.1. The summed E-state index contributed by atoms with van der Waals surface area (Å²) in [7, 11) is -0.791. The summed E-state index contributed by atoms with van der Waals surface area (Å²) >= 11 is 2.45. The third-order valence-corrected chi connectivity index (χ3v) is 6.19. The summed E-state index contributed by atoms with van der Waals surface area (Å²) < 4.78 is 1.22. The van der Waals surface area contributed by atoms with E-state index < -0.39 is 8.07 Å². The Labute approximate surface area is 140 Å². The lowest BCUT2D eigenvalue weighted by Gasteiger charge is -2.14. The second-order valence-corrected chi connectivity index (χ2v) is 13.8. The second-order valence-electron chi connectivity index (χ2n) is 7.08. The topological polar surface area (TPSA) is 0 Å². The molecule has 0 saturated heterocycles. The van der Waals surface area contributed by atoms with E-state index in [1.807, 2.05) is 0 Å². The molecule has 0 saturated carbocycles. The Kier molecular flexibility index (Phi) is 9.10. The molecule has 0 aromatic heterocycles. The predicted molar refractivity (Wildman–Crippen MR) is 104 cm³/mol. The first kappa shape index (κ1) is 18.2. The zero-order valence-corrected chi connectivity index (χ0v) is 16.7. The number of benzene rings is 1. The van der Waals surface area contributed by atoms with Crippen molar-refractivity contribution in [3.05, 3.63) is 35.4 Å². The zero-order chi connectivity index (χ0) is 14.8. The minimum Gasteiger partial charge on any atom is -0.0860 e. The van der Waals surface area contributed by atoms with Crippen molar-refractivity contribution >= 4 is 30.7 Å². The van der Waals surface area contributed by atoms with Crippen molar-refractivity contribution in [1.29, 1.82) is 0 Å². The molecule has 114 valence electrons. The Morgan fingerprint density at radius 1 is 0.750 bits per heavy atom. The number of hydrogen-bond acceptors (Lipinski definition) is 0. The lowest BCUT2D eigenvalue weighted by atomic mass is 10.0. The van der Waals surface area contributed by atoms with Gasteiger partial charge in [-0.15, -0.1) is 0 Å². The van der Waals surface area contributed by atoms with Crippen molar-refractivity contribution < 1.29 is 0 Å². The van der Waals surface area contributed by atoms with Crippen LogP contribution in [0.1, 0.15) is 43.2 Å².